The van der Waals surface area contributed by atoms with Crippen molar-refractivity contribution in [3.8, 4) is 0 Å². The molecule has 1 rings (SSSR count). The summed E-state index contributed by atoms with van der Waals surface area (Å²) in [6.07, 6.45) is -0.411. The van der Waals surface area contributed by atoms with E-state index in [-0.39, 0.29) is 0 Å². The summed E-state index contributed by atoms with van der Waals surface area (Å²) >= 11 is 0. The van der Waals surface area contributed by atoms with Gasteiger partial charge in [0.25, 0.3) is 0 Å². The highest BCUT2D eigenvalue weighted by molar-refractivity contribution is 5.41. The maximum atomic E-state index is 9.11. The van der Waals surface area contributed by atoms with Crippen molar-refractivity contribution in [3.63, 3.8) is 0 Å². The molecule has 0 aliphatic heterocycles. The Balaban J connectivity index is 2.93. The average Bonchev–Trinajstić information content (AvgIpc) is 2.17. The van der Waals surface area contributed by atoms with Gasteiger partial charge in [-0.2, -0.15) is 5.10 Å². The van der Waals surface area contributed by atoms with Crippen LogP contribution in [0.5, 0.6) is 0 Å². The minimum atomic E-state index is -0.411. The quantitative estimate of drug-likeness (QED) is 0.676. The molecule has 0 radical (unpaired) electrons. The highest BCUT2D eigenvalue weighted by atomic mass is 16.3. The number of anilines is 1. The first kappa shape index (κ1) is 9.06. The van der Waals surface area contributed by atoms with E-state index in [0.717, 1.165) is 11.3 Å². The summed E-state index contributed by atoms with van der Waals surface area (Å²) < 4.78 is 1.63. The molecule has 0 amide bonds. The zero-order valence-electron chi connectivity index (χ0n) is 7.70. The molecular formula is C8H15N3O. The fourth-order valence-corrected chi connectivity index (χ4v) is 1.08. The SMILES string of the molecule is Cc1nn(CC(C)O)c(N)c1C. The normalized spacial score (nSPS) is 13.3. The first-order valence-corrected chi connectivity index (χ1v) is 4.00. The van der Waals surface area contributed by atoms with Gasteiger partial charge in [0, 0.05) is 5.56 Å². The first-order valence-electron chi connectivity index (χ1n) is 4.00. The molecule has 4 nitrogen and oxygen atoms in total. The molecule has 68 valence electrons. The van der Waals surface area contributed by atoms with Crippen LogP contribution in [0.3, 0.4) is 0 Å². The van der Waals surface area contributed by atoms with Crippen molar-refractivity contribution in [1.29, 1.82) is 0 Å². The van der Waals surface area contributed by atoms with Gasteiger partial charge in [0.15, 0.2) is 0 Å². The fourth-order valence-electron chi connectivity index (χ4n) is 1.08. The summed E-state index contributed by atoms with van der Waals surface area (Å²) in [7, 11) is 0. The van der Waals surface area contributed by atoms with Crippen LogP contribution in [-0.4, -0.2) is 21.0 Å². The largest absolute Gasteiger partial charge is 0.391 e. The Morgan fingerprint density at radius 2 is 2.17 bits per heavy atom. The molecular weight excluding hydrogens is 154 g/mol. The first-order chi connectivity index (χ1) is 5.52. The Morgan fingerprint density at radius 1 is 1.58 bits per heavy atom. The van der Waals surface area contributed by atoms with Gasteiger partial charge in [-0.05, 0) is 20.8 Å². The Bertz CT molecular complexity index is 278. The van der Waals surface area contributed by atoms with Crippen LogP contribution in [0.2, 0.25) is 0 Å². The lowest BCUT2D eigenvalue weighted by Gasteiger charge is -2.05. The molecule has 4 heteroatoms. The van der Waals surface area contributed by atoms with E-state index in [1.807, 2.05) is 13.8 Å². The van der Waals surface area contributed by atoms with Gasteiger partial charge >= 0.3 is 0 Å². The second kappa shape index (κ2) is 3.15. The van der Waals surface area contributed by atoms with E-state index in [2.05, 4.69) is 5.10 Å². The molecule has 0 spiro atoms. The summed E-state index contributed by atoms with van der Waals surface area (Å²) in [6, 6.07) is 0. The minimum absolute atomic E-state index is 0.411. The lowest BCUT2D eigenvalue weighted by molar-refractivity contribution is 0.169. The van der Waals surface area contributed by atoms with Crippen LogP contribution in [0.1, 0.15) is 18.2 Å². The predicted octanol–water partition coefficient (Wildman–Crippen LogP) is 0.463. The molecule has 0 aromatic carbocycles. The molecule has 0 aliphatic rings. The van der Waals surface area contributed by atoms with Crippen molar-refractivity contribution in [2.75, 3.05) is 5.73 Å². The number of hydrogen-bond donors (Lipinski definition) is 2. The molecule has 12 heavy (non-hydrogen) atoms. The standard InChI is InChI=1S/C8H15N3O/c1-5(12)4-11-8(9)6(2)7(3)10-11/h5,12H,4,9H2,1-3H3. The number of hydrogen-bond acceptors (Lipinski definition) is 3. The van der Waals surface area contributed by atoms with Gasteiger partial charge < -0.3 is 10.8 Å². The molecule has 1 aromatic heterocycles. The van der Waals surface area contributed by atoms with Crippen molar-refractivity contribution < 1.29 is 5.11 Å². The van der Waals surface area contributed by atoms with Gasteiger partial charge in [-0.1, -0.05) is 0 Å². The fraction of sp³-hybridized carbons (Fsp3) is 0.625. The van der Waals surface area contributed by atoms with E-state index in [4.69, 9.17) is 10.8 Å². The van der Waals surface area contributed by atoms with Crippen LogP contribution in [0, 0.1) is 13.8 Å². The Hall–Kier alpha value is -1.03. The van der Waals surface area contributed by atoms with Gasteiger partial charge in [0.2, 0.25) is 0 Å². The number of nitrogens with zero attached hydrogens (tertiary/aromatic N) is 2. The number of rotatable bonds is 2. The van der Waals surface area contributed by atoms with Crippen LogP contribution in [0.25, 0.3) is 0 Å². The summed E-state index contributed by atoms with van der Waals surface area (Å²) in [5.74, 6) is 0.647. The summed E-state index contributed by atoms with van der Waals surface area (Å²) in [5.41, 5.74) is 7.66. The highest BCUT2D eigenvalue weighted by Gasteiger charge is 2.08. The average molecular weight is 169 g/mol. The number of aryl methyl sites for hydroxylation is 1. The van der Waals surface area contributed by atoms with Crippen LogP contribution >= 0.6 is 0 Å². The van der Waals surface area contributed by atoms with E-state index >= 15 is 0 Å². The molecule has 0 saturated carbocycles. The number of aromatic nitrogens is 2. The van der Waals surface area contributed by atoms with E-state index in [0.29, 0.717) is 12.4 Å². The van der Waals surface area contributed by atoms with Crippen molar-refractivity contribution in [3.05, 3.63) is 11.3 Å². The third-order valence-corrected chi connectivity index (χ3v) is 1.91. The molecule has 1 unspecified atom stereocenters. The van der Waals surface area contributed by atoms with E-state index in [1.165, 1.54) is 0 Å². The van der Waals surface area contributed by atoms with Gasteiger partial charge in [-0.3, -0.25) is 0 Å². The molecule has 0 aliphatic carbocycles. The minimum Gasteiger partial charge on any atom is -0.391 e. The van der Waals surface area contributed by atoms with Crippen molar-refractivity contribution in [1.82, 2.24) is 9.78 Å². The van der Waals surface area contributed by atoms with Crippen LogP contribution in [0.4, 0.5) is 5.82 Å². The van der Waals surface area contributed by atoms with Gasteiger partial charge in [-0.25, -0.2) is 4.68 Å². The monoisotopic (exact) mass is 169 g/mol. The lowest BCUT2D eigenvalue weighted by Crippen LogP contribution is -2.15. The van der Waals surface area contributed by atoms with E-state index in [1.54, 1.807) is 11.6 Å². The van der Waals surface area contributed by atoms with Crippen LogP contribution in [0.15, 0.2) is 0 Å². The summed E-state index contributed by atoms with van der Waals surface area (Å²) in [6.45, 7) is 6.01. The van der Waals surface area contributed by atoms with E-state index in [9.17, 15) is 0 Å². The van der Waals surface area contributed by atoms with Crippen molar-refractivity contribution >= 4 is 5.82 Å². The van der Waals surface area contributed by atoms with Gasteiger partial charge in [0.1, 0.15) is 5.82 Å². The number of nitrogen functional groups attached to an aromatic ring is 1. The zero-order chi connectivity index (χ0) is 9.30. The lowest BCUT2D eigenvalue weighted by atomic mass is 10.3. The predicted molar refractivity (Wildman–Crippen MR) is 47.8 cm³/mol. The van der Waals surface area contributed by atoms with Crippen LogP contribution < -0.4 is 5.73 Å². The molecule has 3 N–H and O–H groups in total. The Morgan fingerprint density at radius 3 is 2.50 bits per heavy atom. The number of nitrogens with two attached hydrogens (primary N) is 1. The highest BCUT2D eigenvalue weighted by Crippen LogP contribution is 2.14. The second-order valence-corrected chi connectivity index (χ2v) is 3.13. The molecule has 1 atom stereocenters. The summed E-state index contributed by atoms with van der Waals surface area (Å²) in [5, 5.41) is 13.3. The second-order valence-electron chi connectivity index (χ2n) is 3.13. The number of aliphatic hydroxyl groups excluding tert-OH is 1. The molecule has 0 fully saturated rings. The molecule has 1 aromatic rings. The van der Waals surface area contributed by atoms with Gasteiger partial charge in [0.05, 0.1) is 18.3 Å². The third kappa shape index (κ3) is 1.58. The van der Waals surface area contributed by atoms with E-state index < -0.39 is 6.10 Å². The van der Waals surface area contributed by atoms with Crippen molar-refractivity contribution in [2.24, 2.45) is 0 Å². The number of aliphatic hydroxyl groups is 1. The van der Waals surface area contributed by atoms with Crippen molar-refractivity contribution in [2.45, 2.75) is 33.4 Å². The summed E-state index contributed by atoms with van der Waals surface area (Å²) in [4.78, 5) is 0. The maximum absolute atomic E-state index is 9.11. The topological polar surface area (TPSA) is 64.1 Å². The molecule has 0 bridgehead atoms. The van der Waals surface area contributed by atoms with Gasteiger partial charge in [-0.15, -0.1) is 0 Å². The maximum Gasteiger partial charge on any atom is 0.124 e. The molecule has 0 saturated heterocycles. The Labute approximate surface area is 72.0 Å². The van der Waals surface area contributed by atoms with Crippen LogP contribution in [-0.2, 0) is 6.54 Å². The smallest absolute Gasteiger partial charge is 0.124 e. The molecule has 1 heterocycles. The Kier molecular flexibility index (Phi) is 2.38. The zero-order valence-corrected chi connectivity index (χ0v) is 7.70. The third-order valence-electron chi connectivity index (χ3n) is 1.91.